The second kappa shape index (κ2) is 13.8. The van der Waals surface area contributed by atoms with Crippen LogP contribution in [0.4, 0.5) is 4.39 Å². The maximum Gasteiger partial charge on any atom is 0.257 e. The van der Waals surface area contributed by atoms with Crippen molar-refractivity contribution >= 4 is 16.9 Å². The number of ether oxygens (including phenoxy) is 1. The molecule has 2 N–H and O–H groups in total. The van der Waals surface area contributed by atoms with Gasteiger partial charge in [-0.25, -0.2) is 4.39 Å². The highest BCUT2D eigenvalue weighted by Crippen LogP contribution is 2.34. The van der Waals surface area contributed by atoms with Crippen molar-refractivity contribution in [2.75, 3.05) is 0 Å². The highest BCUT2D eigenvalue weighted by Gasteiger charge is 2.22. The summed E-state index contributed by atoms with van der Waals surface area (Å²) in [6.07, 6.45) is 4.53. The van der Waals surface area contributed by atoms with Gasteiger partial charge >= 0.3 is 0 Å². The van der Waals surface area contributed by atoms with Crippen molar-refractivity contribution in [3.8, 4) is 11.5 Å². The molecule has 0 bridgehead atoms. The van der Waals surface area contributed by atoms with Gasteiger partial charge in [0.15, 0.2) is 18.1 Å². The first-order valence-corrected chi connectivity index (χ1v) is 14.4. The second-order valence-electron chi connectivity index (χ2n) is 10.3. The lowest BCUT2D eigenvalue weighted by Crippen LogP contribution is -2.23. The number of carbonyl (C=O) groups is 1. The van der Waals surface area contributed by atoms with Crippen LogP contribution in [0.1, 0.15) is 71.8 Å². The Kier molecular flexibility index (Phi) is 9.46. The highest BCUT2D eigenvalue weighted by atomic mass is 19.1. The van der Waals surface area contributed by atoms with Gasteiger partial charge in [-0.2, -0.15) is 0 Å². The third kappa shape index (κ3) is 7.09. The lowest BCUT2D eigenvalue weighted by atomic mass is 9.92. The minimum absolute atomic E-state index is 0.0235. The first-order chi connectivity index (χ1) is 21.0. The fraction of sp³-hybridized carbons (Fsp3) is 0.273. The van der Waals surface area contributed by atoms with Crippen LogP contribution in [0, 0.1) is 5.82 Å². The molecule has 2 aromatic heterocycles. The van der Waals surface area contributed by atoms with Crippen LogP contribution in [0.15, 0.2) is 79.0 Å². The van der Waals surface area contributed by atoms with Crippen LogP contribution in [-0.4, -0.2) is 31.2 Å². The molecular weight excluding hydrogens is 549 g/mol. The molecule has 2 heterocycles. The van der Waals surface area contributed by atoms with E-state index in [4.69, 9.17) is 9.57 Å². The van der Waals surface area contributed by atoms with E-state index in [0.717, 1.165) is 30.3 Å². The third-order valence-electron chi connectivity index (χ3n) is 7.28. The predicted molar refractivity (Wildman–Crippen MR) is 160 cm³/mol. The van der Waals surface area contributed by atoms with Crippen molar-refractivity contribution in [1.29, 1.82) is 0 Å². The van der Waals surface area contributed by atoms with Gasteiger partial charge in [-0.3, -0.25) is 9.78 Å². The van der Waals surface area contributed by atoms with Crippen molar-refractivity contribution in [2.45, 2.75) is 58.8 Å². The molecular formula is C33H34FN5O4. The normalized spacial score (nSPS) is 11.8. The molecule has 0 saturated carbocycles. The maximum atomic E-state index is 13.2. The number of pyridine rings is 1. The van der Waals surface area contributed by atoms with E-state index in [2.05, 4.69) is 40.5 Å². The third-order valence-corrected chi connectivity index (χ3v) is 7.28. The summed E-state index contributed by atoms with van der Waals surface area (Å²) in [6, 6.07) is 21.3. The topological polar surface area (TPSA) is 111 Å². The van der Waals surface area contributed by atoms with Crippen molar-refractivity contribution in [3.05, 3.63) is 113 Å². The number of fused-ring (bicyclic) bond motifs is 1. The lowest BCUT2D eigenvalue weighted by Gasteiger charge is -2.16. The average molecular weight is 584 g/mol. The van der Waals surface area contributed by atoms with Crippen LogP contribution in [0.3, 0.4) is 0 Å². The summed E-state index contributed by atoms with van der Waals surface area (Å²) in [6.45, 7) is 4.53. The number of aromatic hydroxyl groups is 1. The first-order valence-electron chi connectivity index (χ1n) is 14.4. The van der Waals surface area contributed by atoms with Gasteiger partial charge in [-0.05, 0) is 64.9 Å². The monoisotopic (exact) mass is 583 g/mol. The maximum absolute atomic E-state index is 13.2. The van der Waals surface area contributed by atoms with E-state index in [-0.39, 0.29) is 48.3 Å². The molecule has 0 aliphatic heterocycles. The summed E-state index contributed by atoms with van der Waals surface area (Å²) in [5.41, 5.74) is 4.42. The lowest BCUT2D eigenvalue weighted by molar-refractivity contribution is 0.0707. The predicted octanol–water partition coefficient (Wildman–Crippen LogP) is 6.10. The molecule has 9 nitrogen and oxygen atoms in total. The largest absolute Gasteiger partial charge is 0.504 e. The number of benzene rings is 3. The molecule has 5 aromatic rings. The van der Waals surface area contributed by atoms with E-state index in [9.17, 15) is 14.3 Å². The number of aromatic nitrogens is 4. The Hall–Kier alpha value is -4.99. The molecule has 1 unspecified atom stereocenters. The summed E-state index contributed by atoms with van der Waals surface area (Å²) in [4.78, 5) is 24.6. The Labute approximate surface area is 249 Å². The van der Waals surface area contributed by atoms with Crippen molar-refractivity contribution in [3.63, 3.8) is 0 Å². The number of hydrogen-bond acceptors (Lipinski definition) is 7. The van der Waals surface area contributed by atoms with Crippen LogP contribution in [-0.2, 0) is 19.8 Å². The van der Waals surface area contributed by atoms with Crippen LogP contribution in [0.25, 0.3) is 11.0 Å². The number of hydrogen-bond donors (Lipinski definition) is 2. The molecule has 5 rings (SSSR count). The van der Waals surface area contributed by atoms with E-state index in [1.54, 1.807) is 12.1 Å². The van der Waals surface area contributed by atoms with E-state index in [1.165, 1.54) is 28.7 Å². The summed E-state index contributed by atoms with van der Waals surface area (Å²) < 4.78 is 19.2. The summed E-state index contributed by atoms with van der Waals surface area (Å²) >= 11 is 0. The van der Waals surface area contributed by atoms with Crippen LogP contribution >= 0.6 is 0 Å². The van der Waals surface area contributed by atoms with Gasteiger partial charge in [0.25, 0.3) is 5.91 Å². The molecule has 0 aliphatic rings. The standard InChI is InChI=1S/C33H34FN5O4/c1-3-8-24(4-2)25-13-16-30-28(17-25)37-38-39(30)43-21-29-32(42-20-23-9-6-5-7-10-23)31(40)27(19-35-29)33(41)36-18-22-11-14-26(34)15-12-22/h5-7,9-17,19,24H,3-4,8,18,20-21H2,1-2H3,(H,35,40)(H,36,41). The fourth-order valence-electron chi connectivity index (χ4n) is 4.90. The summed E-state index contributed by atoms with van der Waals surface area (Å²) in [5, 5.41) is 22.3. The summed E-state index contributed by atoms with van der Waals surface area (Å²) in [7, 11) is 0. The molecule has 1 atom stereocenters. The van der Waals surface area contributed by atoms with Gasteiger partial charge in [0.1, 0.15) is 34.7 Å². The number of halogens is 1. The van der Waals surface area contributed by atoms with E-state index >= 15 is 0 Å². The van der Waals surface area contributed by atoms with E-state index < -0.39 is 5.91 Å². The Morgan fingerprint density at radius 2 is 1.81 bits per heavy atom. The van der Waals surface area contributed by atoms with Crippen molar-refractivity contribution in [1.82, 2.24) is 25.5 Å². The minimum atomic E-state index is -0.558. The quantitative estimate of drug-likeness (QED) is 0.172. The zero-order valence-corrected chi connectivity index (χ0v) is 24.2. The van der Waals surface area contributed by atoms with Crippen molar-refractivity contribution in [2.24, 2.45) is 0 Å². The molecule has 43 heavy (non-hydrogen) atoms. The molecule has 1 amide bonds. The number of rotatable bonds is 13. The number of amides is 1. The minimum Gasteiger partial charge on any atom is -0.504 e. The average Bonchev–Trinajstić information content (AvgIpc) is 3.44. The first kappa shape index (κ1) is 29.5. The molecule has 0 radical (unpaired) electrons. The molecule has 0 spiro atoms. The number of carbonyl (C=O) groups excluding carboxylic acids is 1. The molecule has 0 saturated heterocycles. The van der Waals surface area contributed by atoms with Gasteiger partial charge in [0.2, 0.25) is 0 Å². The van der Waals surface area contributed by atoms with E-state index in [1.807, 2.05) is 42.5 Å². The van der Waals surface area contributed by atoms with Crippen LogP contribution in [0.2, 0.25) is 0 Å². The van der Waals surface area contributed by atoms with Gasteiger partial charge in [0, 0.05) is 12.7 Å². The fourth-order valence-corrected chi connectivity index (χ4v) is 4.90. The van der Waals surface area contributed by atoms with Gasteiger partial charge in [-0.1, -0.05) is 73.6 Å². The molecule has 3 aromatic carbocycles. The van der Waals surface area contributed by atoms with Gasteiger partial charge < -0.3 is 20.0 Å². The van der Waals surface area contributed by atoms with Gasteiger partial charge in [-0.15, -0.1) is 5.10 Å². The van der Waals surface area contributed by atoms with Crippen LogP contribution < -0.4 is 14.9 Å². The number of nitrogens with one attached hydrogen (secondary N) is 1. The molecule has 10 heteroatoms. The number of nitrogens with zero attached hydrogens (tertiary/aromatic N) is 4. The highest BCUT2D eigenvalue weighted by molar-refractivity contribution is 5.97. The van der Waals surface area contributed by atoms with Crippen LogP contribution in [0.5, 0.6) is 11.5 Å². The zero-order chi connectivity index (χ0) is 30.2. The van der Waals surface area contributed by atoms with Crippen molar-refractivity contribution < 1.29 is 23.9 Å². The summed E-state index contributed by atoms with van der Waals surface area (Å²) in [5.74, 6) is -0.803. The molecule has 0 aliphatic carbocycles. The SMILES string of the molecule is CCCC(CC)c1ccc2c(c1)nnn2OCc1ncc(C(=O)NCc2ccc(F)cc2)c(O)c1OCc1ccccc1. The Morgan fingerprint density at radius 1 is 1.02 bits per heavy atom. The zero-order valence-electron chi connectivity index (χ0n) is 24.2. The molecule has 0 fully saturated rings. The second-order valence-corrected chi connectivity index (χ2v) is 10.3. The molecule has 222 valence electrons. The van der Waals surface area contributed by atoms with E-state index in [0.29, 0.717) is 17.0 Å². The Balaban J connectivity index is 1.36. The smallest absolute Gasteiger partial charge is 0.257 e. The Bertz CT molecular complexity index is 1670. The van der Waals surface area contributed by atoms with Gasteiger partial charge in [0.05, 0.1) is 0 Å². The Morgan fingerprint density at radius 3 is 2.56 bits per heavy atom.